The van der Waals surface area contributed by atoms with E-state index in [2.05, 4.69) is 0 Å². The minimum absolute atomic E-state index is 0.0639. The predicted octanol–water partition coefficient (Wildman–Crippen LogP) is 6.60. The van der Waals surface area contributed by atoms with Crippen LogP contribution in [0.1, 0.15) is 41.5 Å². The number of carbonyl (C=O) groups is 2. The van der Waals surface area contributed by atoms with Gasteiger partial charge in [0.2, 0.25) is 0 Å². The lowest BCUT2D eigenvalue weighted by Gasteiger charge is -2.10. The van der Waals surface area contributed by atoms with E-state index in [0.717, 1.165) is 38.9 Å². The Morgan fingerprint density at radius 2 is 1.70 bits per heavy atom. The molecule has 40 heavy (non-hydrogen) atoms. The summed E-state index contributed by atoms with van der Waals surface area (Å²) >= 11 is 0. The van der Waals surface area contributed by atoms with E-state index in [4.69, 9.17) is 14.6 Å². The zero-order valence-electron chi connectivity index (χ0n) is 22.3. The van der Waals surface area contributed by atoms with Crippen LogP contribution in [0.4, 0.5) is 4.39 Å². The number of fused-ring (bicyclic) bond motifs is 1. The van der Waals surface area contributed by atoms with E-state index in [1.807, 2.05) is 60.8 Å². The van der Waals surface area contributed by atoms with Gasteiger partial charge in [0.15, 0.2) is 0 Å². The average molecular weight is 546 g/mol. The summed E-state index contributed by atoms with van der Waals surface area (Å²) in [6, 6.07) is 17.9. The number of ether oxygens (including phenoxy) is 2. The zero-order valence-corrected chi connectivity index (χ0v) is 22.3. The van der Waals surface area contributed by atoms with E-state index in [0.29, 0.717) is 38.2 Å². The van der Waals surface area contributed by atoms with E-state index in [1.165, 1.54) is 12.1 Å². The molecule has 0 saturated heterocycles. The standard InChI is InChI=1S/C32H32FNO6/c1-22-19-26(33)13-16-29(22)40-18-4-17-39-27-14-10-23(11-15-27)9-12-24-5-2-7-28-25(6-3-8-30(35)36)20-34(32(24)28)21-31(37)38/h2,5,7,9-16,19-20H,3-4,6,8,17-18,21H2,1H3,(H,35,36)(H,37,38). The average Bonchev–Trinajstić information content (AvgIpc) is 3.26. The largest absolute Gasteiger partial charge is 0.493 e. The number of hydrogen-bond acceptors (Lipinski definition) is 4. The number of aromatic nitrogens is 1. The van der Waals surface area contributed by atoms with Crippen LogP contribution in [0.15, 0.2) is 66.9 Å². The molecule has 7 nitrogen and oxygen atoms in total. The van der Waals surface area contributed by atoms with Gasteiger partial charge in [-0.25, -0.2) is 4.39 Å². The van der Waals surface area contributed by atoms with Crippen molar-refractivity contribution in [1.82, 2.24) is 4.57 Å². The number of hydrogen-bond donors (Lipinski definition) is 2. The van der Waals surface area contributed by atoms with Gasteiger partial charge in [-0.05, 0) is 72.4 Å². The monoisotopic (exact) mass is 545 g/mol. The lowest BCUT2D eigenvalue weighted by molar-refractivity contribution is -0.138. The molecule has 3 aromatic carbocycles. The summed E-state index contributed by atoms with van der Waals surface area (Å²) in [4.78, 5) is 22.4. The Morgan fingerprint density at radius 1 is 0.925 bits per heavy atom. The van der Waals surface area contributed by atoms with E-state index in [1.54, 1.807) is 17.6 Å². The van der Waals surface area contributed by atoms with Crippen molar-refractivity contribution in [2.45, 2.75) is 39.2 Å². The number of nitrogens with zero attached hydrogens (tertiary/aromatic N) is 1. The first-order chi connectivity index (χ1) is 19.3. The maximum atomic E-state index is 13.2. The number of carboxylic acid groups (broad SMARTS) is 2. The third-order valence-corrected chi connectivity index (χ3v) is 6.44. The first-order valence-electron chi connectivity index (χ1n) is 13.1. The number of halogens is 1. The van der Waals surface area contributed by atoms with Crippen LogP contribution in [0.25, 0.3) is 23.1 Å². The van der Waals surface area contributed by atoms with E-state index in [-0.39, 0.29) is 18.8 Å². The van der Waals surface area contributed by atoms with Crippen LogP contribution in [0, 0.1) is 12.7 Å². The molecule has 0 saturated carbocycles. The molecule has 1 aromatic heterocycles. The second-order valence-electron chi connectivity index (χ2n) is 9.53. The van der Waals surface area contributed by atoms with Crippen LogP contribution < -0.4 is 9.47 Å². The van der Waals surface area contributed by atoms with Crippen molar-refractivity contribution in [2.24, 2.45) is 0 Å². The van der Waals surface area contributed by atoms with E-state index < -0.39 is 11.9 Å². The topological polar surface area (TPSA) is 98.0 Å². The number of benzene rings is 3. The Morgan fingerprint density at radius 3 is 2.42 bits per heavy atom. The Labute approximate surface area is 232 Å². The van der Waals surface area contributed by atoms with Gasteiger partial charge in [0, 0.05) is 24.4 Å². The van der Waals surface area contributed by atoms with Gasteiger partial charge in [-0.2, -0.15) is 0 Å². The maximum absolute atomic E-state index is 13.2. The van der Waals surface area contributed by atoms with Crippen molar-refractivity contribution >= 4 is 35.0 Å². The van der Waals surface area contributed by atoms with Crippen molar-refractivity contribution in [1.29, 1.82) is 0 Å². The summed E-state index contributed by atoms with van der Waals surface area (Å²) in [7, 11) is 0. The van der Waals surface area contributed by atoms with Crippen molar-refractivity contribution in [3.8, 4) is 11.5 Å². The van der Waals surface area contributed by atoms with Crippen LogP contribution in [-0.2, 0) is 22.6 Å². The third-order valence-electron chi connectivity index (χ3n) is 6.44. The minimum Gasteiger partial charge on any atom is -0.493 e. The molecule has 2 N–H and O–H groups in total. The van der Waals surface area contributed by atoms with Gasteiger partial charge in [-0.3, -0.25) is 9.59 Å². The Balaban J connectivity index is 1.37. The lowest BCUT2D eigenvalue weighted by Crippen LogP contribution is -2.07. The molecular formula is C32H32FNO6. The Hall–Kier alpha value is -4.59. The molecule has 0 fully saturated rings. The molecule has 0 unspecified atom stereocenters. The van der Waals surface area contributed by atoms with Crippen molar-refractivity contribution in [3.63, 3.8) is 0 Å². The molecule has 0 atom stereocenters. The fourth-order valence-corrected chi connectivity index (χ4v) is 4.56. The summed E-state index contributed by atoms with van der Waals surface area (Å²) < 4.78 is 26.4. The number of aryl methyl sites for hydroxylation is 2. The van der Waals surface area contributed by atoms with E-state index >= 15 is 0 Å². The van der Waals surface area contributed by atoms with Gasteiger partial charge in [0.1, 0.15) is 23.9 Å². The molecule has 0 amide bonds. The summed E-state index contributed by atoms with van der Waals surface area (Å²) in [5.41, 5.74) is 4.33. The van der Waals surface area contributed by atoms with Gasteiger partial charge in [-0.15, -0.1) is 0 Å². The fourth-order valence-electron chi connectivity index (χ4n) is 4.56. The molecule has 0 aliphatic heterocycles. The molecule has 4 rings (SSSR count). The minimum atomic E-state index is -0.944. The van der Waals surface area contributed by atoms with Crippen molar-refractivity contribution in [3.05, 3.63) is 94.9 Å². The molecule has 0 radical (unpaired) electrons. The number of carboxylic acids is 2. The van der Waals surface area contributed by atoms with Crippen molar-refractivity contribution in [2.75, 3.05) is 13.2 Å². The highest BCUT2D eigenvalue weighted by Crippen LogP contribution is 2.28. The van der Waals surface area contributed by atoms with Gasteiger partial charge in [-0.1, -0.05) is 42.5 Å². The molecule has 0 spiro atoms. The maximum Gasteiger partial charge on any atom is 0.323 e. The number of aliphatic carboxylic acids is 2. The second-order valence-corrected chi connectivity index (χ2v) is 9.53. The molecule has 0 aliphatic rings. The third kappa shape index (κ3) is 7.72. The molecule has 4 aromatic rings. The quantitative estimate of drug-likeness (QED) is 0.137. The molecule has 208 valence electrons. The number of para-hydroxylation sites is 1. The van der Waals surface area contributed by atoms with Crippen LogP contribution >= 0.6 is 0 Å². The highest BCUT2D eigenvalue weighted by molar-refractivity contribution is 5.94. The van der Waals surface area contributed by atoms with Gasteiger partial charge in [0.05, 0.1) is 18.7 Å². The van der Waals surface area contributed by atoms with Crippen LogP contribution in [0.3, 0.4) is 0 Å². The highest BCUT2D eigenvalue weighted by Gasteiger charge is 2.13. The van der Waals surface area contributed by atoms with Crippen LogP contribution in [0.5, 0.6) is 11.5 Å². The Bertz CT molecular complexity index is 1510. The SMILES string of the molecule is Cc1cc(F)ccc1OCCCOc1ccc(C=Cc2cccc3c(CCCC(=O)O)cn(CC(=O)O)c23)cc1. The first-order valence-corrected chi connectivity index (χ1v) is 13.1. The normalized spacial score (nSPS) is 11.2. The summed E-state index contributed by atoms with van der Waals surface area (Å²) in [5, 5.41) is 19.3. The Kier molecular flexibility index (Phi) is 9.57. The summed E-state index contributed by atoms with van der Waals surface area (Å²) in [5.74, 6) is -0.674. The van der Waals surface area contributed by atoms with Crippen LogP contribution in [0.2, 0.25) is 0 Å². The predicted molar refractivity (Wildman–Crippen MR) is 152 cm³/mol. The molecule has 8 heteroatoms. The number of rotatable bonds is 14. The molecular weight excluding hydrogens is 513 g/mol. The van der Waals surface area contributed by atoms with Gasteiger partial charge in [0.25, 0.3) is 0 Å². The van der Waals surface area contributed by atoms with Gasteiger partial charge >= 0.3 is 11.9 Å². The second kappa shape index (κ2) is 13.5. The molecule has 0 aliphatic carbocycles. The highest BCUT2D eigenvalue weighted by atomic mass is 19.1. The lowest BCUT2D eigenvalue weighted by atomic mass is 10.0. The summed E-state index contributed by atoms with van der Waals surface area (Å²) in [6.07, 6.45) is 7.51. The smallest absolute Gasteiger partial charge is 0.323 e. The molecule has 1 heterocycles. The first kappa shape index (κ1) is 28.4. The van der Waals surface area contributed by atoms with Crippen molar-refractivity contribution < 1.29 is 33.7 Å². The van der Waals surface area contributed by atoms with E-state index in [9.17, 15) is 19.1 Å². The van der Waals surface area contributed by atoms with Crippen LogP contribution in [-0.4, -0.2) is 39.9 Å². The fraction of sp³-hybridized carbons (Fsp3) is 0.250. The zero-order chi connectivity index (χ0) is 28.5. The summed E-state index contributed by atoms with van der Waals surface area (Å²) in [6.45, 7) is 2.57. The van der Waals surface area contributed by atoms with Gasteiger partial charge < -0.3 is 24.3 Å². The molecule has 0 bridgehead atoms.